The number of thiazole rings is 1. The number of carbonyl (C=O) groups is 2. The number of ether oxygens (including phenoxy) is 1. The number of rotatable bonds is 7. The molecule has 0 aliphatic heterocycles. The second kappa shape index (κ2) is 10.6. The van der Waals surface area contributed by atoms with Gasteiger partial charge in [-0.05, 0) is 43.0 Å². The van der Waals surface area contributed by atoms with Crippen LogP contribution in [-0.4, -0.2) is 34.7 Å². The molecule has 0 aliphatic carbocycles. The number of esters is 1. The first kappa shape index (κ1) is 25.1. The van der Waals surface area contributed by atoms with Crippen molar-refractivity contribution in [2.24, 2.45) is 4.99 Å². The van der Waals surface area contributed by atoms with E-state index < -0.39 is 5.97 Å². The molecule has 0 radical (unpaired) electrons. The van der Waals surface area contributed by atoms with Crippen molar-refractivity contribution in [3.63, 3.8) is 0 Å². The Labute approximate surface area is 203 Å². The van der Waals surface area contributed by atoms with E-state index in [-0.39, 0.29) is 29.2 Å². The topological polar surface area (TPSA) is 88.8 Å². The third-order valence-corrected chi connectivity index (χ3v) is 5.77. The predicted octanol–water partition coefficient (Wildman–Crippen LogP) is 6.28. The van der Waals surface area contributed by atoms with E-state index in [1.165, 1.54) is 23.6 Å². The van der Waals surface area contributed by atoms with Gasteiger partial charge >= 0.3 is 5.97 Å². The quantitative estimate of drug-likeness (QED) is 0.188. The van der Waals surface area contributed by atoms with Gasteiger partial charge in [0.1, 0.15) is 5.75 Å². The number of hydrogen-bond donors (Lipinski definition) is 1. The summed E-state index contributed by atoms with van der Waals surface area (Å²) in [5.41, 5.74) is 3.54. The van der Waals surface area contributed by atoms with Gasteiger partial charge in [0.2, 0.25) is 5.13 Å². The van der Waals surface area contributed by atoms with Gasteiger partial charge in [-0.2, -0.15) is 0 Å². The minimum atomic E-state index is -0.497. The zero-order valence-corrected chi connectivity index (χ0v) is 20.8. The molecule has 0 spiro atoms. The molecule has 1 aromatic heterocycles. The summed E-state index contributed by atoms with van der Waals surface area (Å²) in [6, 6.07) is 11.0. The molecule has 0 atom stereocenters. The van der Waals surface area contributed by atoms with Crippen LogP contribution in [0, 0.1) is 6.92 Å². The highest BCUT2D eigenvalue weighted by Crippen LogP contribution is 2.34. The summed E-state index contributed by atoms with van der Waals surface area (Å²) in [5, 5.41) is 12.9. The Morgan fingerprint density at radius 3 is 2.53 bits per heavy atom. The zero-order chi connectivity index (χ0) is 24.9. The van der Waals surface area contributed by atoms with Gasteiger partial charge in [-0.25, -0.2) is 14.8 Å². The largest absolute Gasteiger partial charge is 0.507 e. The van der Waals surface area contributed by atoms with Crippen LogP contribution in [0.15, 0.2) is 52.8 Å². The molecule has 176 valence electrons. The van der Waals surface area contributed by atoms with Crippen molar-refractivity contribution in [2.45, 2.75) is 40.0 Å². The monoisotopic (exact) mass is 476 g/mol. The maximum absolute atomic E-state index is 12.6. The molecule has 0 amide bonds. The van der Waals surface area contributed by atoms with Crippen LogP contribution in [0.2, 0.25) is 0 Å². The lowest BCUT2D eigenvalue weighted by Gasteiger charge is -2.22. The average molecular weight is 477 g/mol. The molecule has 7 heteroatoms. The number of aromatic nitrogens is 1. The van der Waals surface area contributed by atoms with Gasteiger partial charge in [0.15, 0.2) is 11.5 Å². The van der Waals surface area contributed by atoms with E-state index in [9.17, 15) is 14.7 Å². The fourth-order valence-corrected chi connectivity index (χ4v) is 3.81. The van der Waals surface area contributed by atoms with Crippen LogP contribution in [0.25, 0.3) is 6.08 Å². The Balaban J connectivity index is 1.92. The third-order valence-electron chi connectivity index (χ3n) is 5.02. The first-order chi connectivity index (χ1) is 16.1. The number of ketones is 1. The van der Waals surface area contributed by atoms with Gasteiger partial charge in [0.05, 0.1) is 6.61 Å². The molecule has 3 aromatic rings. The smallest absolute Gasteiger partial charge is 0.357 e. The van der Waals surface area contributed by atoms with Gasteiger partial charge in [-0.3, -0.25) is 4.79 Å². The highest BCUT2D eigenvalue weighted by molar-refractivity contribution is 7.13. The first-order valence-corrected chi connectivity index (χ1v) is 11.8. The number of hydrogen-bond acceptors (Lipinski definition) is 7. The van der Waals surface area contributed by atoms with Gasteiger partial charge in [0.25, 0.3) is 0 Å². The predicted molar refractivity (Wildman–Crippen MR) is 137 cm³/mol. The molecule has 0 saturated carbocycles. The zero-order valence-electron chi connectivity index (χ0n) is 20.0. The van der Waals surface area contributed by atoms with E-state index >= 15 is 0 Å². The van der Waals surface area contributed by atoms with Crippen molar-refractivity contribution in [1.82, 2.24) is 4.98 Å². The van der Waals surface area contributed by atoms with E-state index in [4.69, 9.17) is 4.74 Å². The van der Waals surface area contributed by atoms with Crippen molar-refractivity contribution >= 4 is 40.5 Å². The highest BCUT2D eigenvalue weighted by Gasteiger charge is 2.21. The van der Waals surface area contributed by atoms with Crippen LogP contribution in [0.1, 0.15) is 70.8 Å². The number of carbonyl (C=O) groups excluding carboxylic acids is 2. The maximum atomic E-state index is 12.6. The van der Waals surface area contributed by atoms with Crippen molar-refractivity contribution in [2.75, 3.05) is 6.61 Å². The van der Waals surface area contributed by atoms with Crippen molar-refractivity contribution < 1.29 is 19.4 Å². The summed E-state index contributed by atoms with van der Waals surface area (Å²) < 4.78 is 4.95. The van der Waals surface area contributed by atoms with Crippen LogP contribution in [-0.2, 0) is 10.2 Å². The summed E-state index contributed by atoms with van der Waals surface area (Å²) in [4.78, 5) is 32.9. The molecular weight excluding hydrogens is 448 g/mol. The average Bonchev–Trinajstić information content (AvgIpc) is 3.26. The minimum absolute atomic E-state index is 0.102. The van der Waals surface area contributed by atoms with E-state index in [0.717, 1.165) is 16.7 Å². The lowest BCUT2D eigenvalue weighted by Crippen LogP contribution is -2.12. The summed E-state index contributed by atoms with van der Waals surface area (Å²) in [7, 11) is 0. The van der Waals surface area contributed by atoms with Gasteiger partial charge in [-0.15, -0.1) is 11.3 Å². The van der Waals surface area contributed by atoms with E-state index in [0.29, 0.717) is 16.3 Å². The molecule has 0 fully saturated rings. The second-order valence-corrected chi connectivity index (χ2v) is 9.65. The van der Waals surface area contributed by atoms with Crippen LogP contribution >= 0.6 is 11.3 Å². The van der Waals surface area contributed by atoms with Crippen LogP contribution < -0.4 is 0 Å². The van der Waals surface area contributed by atoms with Crippen molar-refractivity contribution in [3.8, 4) is 5.75 Å². The highest BCUT2D eigenvalue weighted by atomic mass is 32.1. The number of benzene rings is 2. The minimum Gasteiger partial charge on any atom is -0.507 e. The Hall–Kier alpha value is -3.58. The molecule has 1 N–H and O–H groups in total. The number of nitrogens with zero attached hydrogens (tertiary/aromatic N) is 2. The molecule has 34 heavy (non-hydrogen) atoms. The molecule has 6 nitrogen and oxygen atoms in total. The second-order valence-electron chi connectivity index (χ2n) is 8.81. The van der Waals surface area contributed by atoms with E-state index in [1.807, 2.05) is 45.9 Å². The number of allylic oxidation sites excluding steroid dienone is 1. The van der Waals surface area contributed by atoms with Crippen LogP contribution in [0.3, 0.4) is 0 Å². The molecule has 3 rings (SSSR count). The van der Waals surface area contributed by atoms with Crippen molar-refractivity contribution in [3.05, 3.63) is 81.4 Å². The molecule has 0 unspecified atom stereocenters. The van der Waals surface area contributed by atoms with E-state index in [2.05, 4.69) is 9.98 Å². The molecule has 1 heterocycles. The summed E-state index contributed by atoms with van der Waals surface area (Å²) in [6.45, 7) is 9.97. The third kappa shape index (κ3) is 6.26. The Morgan fingerprint density at radius 1 is 1.18 bits per heavy atom. The molecular formula is C27H28N2O4S. The van der Waals surface area contributed by atoms with Gasteiger partial charge in [-0.1, -0.05) is 56.7 Å². The Morgan fingerprint density at radius 2 is 1.88 bits per heavy atom. The number of aryl methyl sites for hydroxylation is 1. The van der Waals surface area contributed by atoms with Gasteiger partial charge < -0.3 is 9.84 Å². The maximum Gasteiger partial charge on any atom is 0.357 e. The SMILES string of the molecule is CCOC(=O)c1csc(N=Cc2cc(/C=C/C(=O)c3ccc(C)cc3)cc(C(C)(C)C)c2O)n1. The lowest BCUT2D eigenvalue weighted by atomic mass is 9.84. The number of aromatic hydroxyl groups is 1. The summed E-state index contributed by atoms with van der Waals surface area (Å²) in [5.74, 6) is -0.487. The standard InChI is InChI=1S/C27H28N2O4S/c1-6-33-25(32)22-16-34-26(29-22)28-15-20-13-18(14-21(24(20)31)27(3,4)5)9-12-23(30)19-10-7-17(2)8-11-19/h7-16,31H,6H2,1-5H3/b12-9+,28-15?. The number of phenolic OH excluding ortho intramolecular Hbond substituents is 1. The molecule has 0 aliphatic rings. The van der Waals surface area contributed by atoms with Crippen molar-refractivity contribution in [1.29, 1.82) is 0 Å². The van der Waals surface area contributed by atoms with Crippen LogP contribution in [0.5, 0.6) is 5.75 Å². The number of aliphatic imine (C=N–C) groups is 1. The van der Waals surface area contributed by atoms with Crippen LogP contribution in [0.4, 0.5) is 5.13 Å². The van der Waals surface area contributed by atoms with E-state index in [1.54, 1.807) is 36.6 Å². The summed E-state index contributed by atoms with van der Waals surface area (Å²) >= 11 is 1.21. The first-order valence-electron chi connectivity index (χ1n) is 10.9. The summed E-state index contributed by atoms with van der Waals surface area (Å²) in [6.07, 6.45) is 4.77. The fourth-order valence-electron chi connectivity index (χ4n) is 3.18. The Kier molecular flexibility index (Phi) is 7.79. The Bertz CT molecular complexity index is 1250. The molecule has 0 bridgehead atoms. The lowest BCUT2D eigenvalue weighted by molar-refractivity contribution is 0.0520. The fraction of sp³-hybridized carbons (Fsp3) is 0.259. The number of phenols is 1. The normalized spacial score (nSPS) is 11.9. The molecule has 0 saturated heterocycles. The molecule has 2 aromatic carbocycles. The van der Waals surface area contributed by atoms with Gasteiger partial charge in [0, 0.05) is 28.3 Å².